The predicted octanol–water partition coefficient (Wildman–Crippen LogP) is 2.21. The maximum absolute atomic E-state index is 13.6. The van der Waals surface area contributed by atoms with Crippen molar-refractivity contribution in [2.24, 2.45) is 0 Å². The maximum Gasteiger partial charge on any atom is 0.240 e. The van der Waals surface area contributed by atoms with Gasteiger partial charge in [0.25, 0.3) is 0 Å². The van der Waals surface area contributed by atoms with Crippen molar-refractivity contribution >= 4 is 5.78 Å². The summed E-state index contributed by atoms with van der Waals surface area (Å²) in [4.78, 5) is 13.5. The third-order valence-corrected chi connectivity index (χ3v) is 2.92. The molecule has 1 aliphatic rings. The van der Waals surface area contributed by atoms with Gasteiger partial charge in [0.1, 0.15) is 5.82 Å². The van der Waals surface area contributed by atoms with Crippen LogP contribution < -0.4 is 4.74 Å². The van der Waals surface area contributed by atoms with E-state index in [1.54, 1.807) is 4.90 Å². The number of carbonyl (C=O) groups is 1. The molecule has 0 unspecified atom stereocenters. The Morgan fingerprint density at radius 2 is 1.95 bits per heavy atom. The lowest BCUT2D eigenvalue weighted by atomic mass is 10.1. The van der Waals surface area contributed by atoms with E-state index in [0.717, 1.165) is 38.1 Å². The number of carbonyl (C=O) groups excluding carboxylic acids is 1. The van der Waals surface area contributed by atoms with Gasteiger partial charge in [-0.05, 0) is 18.9 Å². The topological polar surface area (TPSA) is 29.5 Å². The molecule has 1 fully saturated rings. The van der Waals surface area contributed by atoms with Crippen molar-refractivity contribution in [1.29, 1.82) is 0 Å². The van der Waals surface area contributed by atoms with Crippen LogP contribution in [0.2, 0.25) is 0 Å². The van der Waals surface area contributed by atoms with Crippen molar-refractivity contribution in [2.75, 3.05) is 20.2 Å². The highest BCUT2D eigenvalue weighted by Crippen LogP contribution is 2.21. The van der Waals surface area contributed by atoms with E-state index in [1.165, 1.54) is 7.11 Å². The Hall–Kier alpha value is -2.09. The van der Waals surface area contributed by atoms with Gasteiger partial charge in [-0.2, -0.15) is 0 Å². The highest BCUT2D eigenvalue weighted by Gasteiger charge is 2.15. The van der Waals surface area contributed by atoms with Crippen LogP contribution in [-0.4, -0.2) is 30.9 Å². The number of hydrogen-bond acceptors (Lipinski definition) is 3. The fourth-order valence-corrected chi connectivity index (χ4v) is 1.89. The first-order chi connectivity index (χ1) is 9.11. The Balaban J connectivity index is 2.21. The molecule has 0 atom stereocenters. The van der Waals surface area contributed by atoms with Gasteiger partial charge < -0.3 is 9.64 Å². The summed E-state index contributed by atoms with van der Waals surface area (Å²) in [5.74, 6) is -0.246. The third-order valence-electron chi connectivity index (χ3n) is 2.92. The molecule has 5 heteroatoms. The first-order valence-corrected chi connectivity index (χ1v) is 5.96. The molecule has 19 heavy (non-hydrogen) atoms. The van der Waals surface area contributed by atoms with Crippen molar-refractivity contribution in [1.82, 2.24) is 4.90 Å². The molecule has 0 aliphatic carbocycles. The van der Waals surface area contributed by atoms with Crippen LogP contribution in [0.5, 0.6) is 5.75 Å². The van der Waals surface area contributed by atoms with Gasteiger partial charge in [-0.15, -0.1) is 0 Å². The van der Waals surface area contributed by atoms with Crippen LogP contribution in [0, 0.1) is 23.6 Å². The van der Waals surface area contributed by atoms with E-state index < -0.39 is 17.4 Å². The SMILES string of the molecule is COc1cc(F)c(C(=O)C#CN2CCCC2)cc1F. The second-order valence-electron chi connectivity index (χ2n) is 4.23. The van der Waals surface area contributed by atoms with Gasteiger partial charge in [0, 0.05) is 31.1 Å². The minimum Gasteiger partial charge on any atom is -0.494 e. The molecule has 1 aliphatic heterocycles. The predicted molar refractivity (Wildman–Crippen MR) is 65.8 cm³/mol. The number of halogens is 2. The first-order valence-electron chi connectivity index (χ1n) is 5.96. The van der Waals surface area contributed by atoms with Gasteiger partial charge in [0.05, 0.1) is 12.7 Å². The highest BCUT2D eigenvalue weighted by atomic mass is 19.1. The molecule has 1 heterocycles. The second-order valence-corrected chi connectivity index (χ2v) is 4.23. The highest BCUT2D eigenvalue weighted by molar-refractivity contribution is 6.09. The number of benzene rings is 1. The van der Waals surface area contributed by atoms with E-state index in [0.29, 0.717) is 0 Å². The molecule has 0 N–H and O–H groups in total. The number of methoxy groups -OCH3 is 1. The summed E-state index contributed by atoms with van der Waals surface area (Å²) < 4.78 is 31.7. The van der Waals surface area contributed by atoms with Gasteiger partial charge in [-0.3, -0.25) is 4.79 Å². The van der Waals surface area contributed by atoms with Crippen molar-refractivity contribution in [3.8, 4) is 17.7 Å². The lowest BCUT2D eigenvalue weighted by Crippen LogP contribution is -2.12. The van der Waals surface area contributed by atoms with Gasteiger partial charge in [0.2, 0.25) is 5.78 Å². The zero-order valence-corrected chi connectivity index (χ0v) is 10.5. The Labute approximate surface area is 110 Å². The number of hydrogen-bond donors (Lipinski definition) is 0. The average Bonchev–Trinajstić information content (AvgIpc) is 2.91. The molecular formula is C14H13F2NO2. The van der Waals surface area contributed by atoms with Crippen molar-refractivity contribution < 1.29 is 18.3 Å². The van der Waals surface area contributed by atoms with E-state index in [-0.39, 0.29) is 11.3 Å². The van der Waals surface area contributed by atoms with Gasteiger partial charge in [-0.25, -0.2) is 8.78 Å². The fourth-order valence-electron chi connectivity index (χ4n) is 1.89. The van der Waals surface area contributed by atoms with Crippen LogP contribution in [0.1, 0.15) is 23.2 Å². The zero-order chi connectivity index (χ0) is 13.8. The monoisotopic (exact) mass is 265 g/mol. The number of likely N-dealkylation sites (tertiary alicyclic amines) is 1. The summed E-state index contributed by atoms with van der Waals surface area (Å²) in [5, 5.41) is 0. The normalized spacial score (nSPS) is 13.9. The van der Waals surface area contributed by atoms with Gasteiger partial charge >= 0.3 is 0 Å². The standard InChI is InChI=1S/C14H13F2NO2/c1-19-14-9-11(15)10(8-12(14)16)13(18)4-7-17-5-2-3-6-17/h8-9H,2-3,5-6H2,1H3. The van der Waals surface area contributed by atoms with Gasteiger partial charge in [-0.1, -0.05) is 0 Å². The minimum absolute atomic E-state index is 0.235. The molecule has 1 saturated heterocycles. The molecule has 0 spiro atoms. The molecule has 0 amide bonds. The van der Waals surface area contributed by atoms with Crippen molar-refractivity contribution in [3.05, 3.63) is 29.3 Å². The quantitative estimate of drug-likeness (QED) is 0.606. The largest absolute Gasteiger partial charge is 0.494 e. The Morgan fingerprint density at radius 1 is 1.26 bits per heavy atom. The number of ketones is 1. The smallest absolute Gasteiger partial charge is 0.240 e. The Morgan fingerprint density at radius 3 is 2.58 bits per heavy atom. The molecule has 0 aromatic heterocycles. The molecular weight excluding hydrogens is 252 g/mol. The molecule has 0 radical (unpaired) electrons. The molecule has 3 nitrogen and oxygen atoms in total. The number of Topliss-reactive ketones (excluding diaryl/α,β-unsaturated/α-hetero) is 1. The van der Waals surface area contributed by atoms with Crippen LogP contribution in [0.4, 0.5) is 8.78 Å². The molecule has 2 rings (SSSR count). The molecule has 0 saturated carbocycles. The average molecular weight is 265 g/mol. The molecule has 0 bridgehead atoms. The summed E-state index contributed by atoms with van der Waals surface area (Å²) in [5.41, 5.74) is -0.370. The maximum atomic E-state index is 13.6. The molecule has 1 aromatic rings. The fraction of sp³-hybridized carbons (Fsp3) is 0.357. The summed E-state index contributed by atoms with van der Waals surface area (Å²) >= 11 is 0. The number of nitrogens with zero attached hydrogens (tertiary/aromatic N) is 1. The van der Waals surface area contributed by atoms with Crippen LogP contribution in [0.15, 0.2) is 12.1 Å². The molecule has 100 valence electrons. The Kier molecular flexibility index (Phi) is 4.00. The Bertz CT molecular complexity index is 555. The zero-order valence-electron chi connectivity index (χ0n) is 10.5. The van der Waals surface area contributed by atoms with E-state index in [2.05, 4.69) is 16.7 Å². The van der Waals surface area contributed by atoms with E-state index >= 15 is 0 Å². The van der Waals surface area contributed by atoms with Crippen molar-refractivity contribution in [2.45, 2.75) is 12.8 Å². The first kappa shape index (κ1) is 13.3. The summed E-state index contributed by atoms with van der Waals surface area (Å²) in [7, 11) is 1.23. The number of rotatable bonds is 2. The third kappa shape index (κ3) is 3.02. The van der Waals surface area contributed by atoms with Crippen molar-refractivity contribution in [3.63, 3.8) is 0 Å². The van der Waals surface area contributed by atoms with E-state index in [9.17, 15) is 13.6 Å². The van der Waals surface area contributed by atoms with E-state index in [1.807, 2.05) is 0 Å². The van der Waals surface area contributed by atoms with Crippen LogP contribution >= 0.6 is 0 Å². The van der Waals surface area contributed by atoms with Crippen LogP contribution in [0.3, 0.4) is 0 Å². The van der Waals surface area contributed by atoms with Crippen LogP contribution in [-0.2, 0) is 0 Å². The van der Waals surface area contributed by atoms with Gasteiger partial charge in [0.15, 0.2) is 11.6 Å². The number of ether oxygens (including phenoxy) is 1. The molecule has 1 aromatic carbocycles. The minimum atomic E-state index is -0.834. The summed E-state index contributed by atoms with van der Waals surface area (Å²) in [6, 6.07) is 4.33. The van der Waals surface area contributed by atoms with Crippen LogP contribution in [0.25, 0.3) is 0 Å². The second kappa shape index (κ2) is 5.70. The summed E-state index contributed by atoms with van der Waals surface area (Å²) in [6.45, 7) is 1.61. The van der Waals surface area contributed by atoms with E-state index in [4.69, 9.17) is 0 Å². The lowest BCUT2D eigenvalue weighted by Gasteiger charge is -2.06. The summed E-state index contributed by atoms with van der Waals surface area (Å²) in [6.07, 6.45) is 2.07. The lowest BCUT2D eigenvalue weighted by molar-refractivity contribution is 0.105.